The molecule has 0 aromatic heterocycles. The summed E-state index contributed by atoms with van der Waals surface area (Å²) in [5, 5.41) is 11.6. The smallest absolute Gasteiger partial charge is 0.238 e. The highest BCUT2D eigenvalue weighted by atomic mass is 35.5. The minimum atomic E-state index is -3.87. The molecule has 4 nitrogen and oxygen atoms in total. The van der Waals surface area contributed by atoms with Crippen LogP contribution in [0.25, 0.3) is 21.9 Å². The van der Waals surface area contributed by atoms with E-state index in [0.29, 0.717) is 12.1 Å². The van der Waals surface area contributed by atoms with Gasteiger partial charge in [0.05, 0.1) is 4.90 Å². The molecule has 0 aliphatic heterocycles. The van der Waals surface area contributed by atoms with E-state index in [0.717, 1.165) is 39.9 Å². The lowest BCUT2D eigenvalue weighted by Crippen LogP contribution is -2.16. The van der Waals surface area contributed by atoms with Crippen LogP contribution in [-0.2, 0) is 23.0 Å². The molecule has 0 aliphatic rings. The fourth-order valence-electron chi connectivity index (χ4n) is 3.78. The number of nitrogens with two attached hydrogens (primary N) is 1. The molecule has 0 unspecified atom stereocenters. The quantitative estimate of drug-likeness (QED) is 0.383. The lowest BCUT2D eigenvalue weighted by molar-refractivity contribution is 0.598. The van der Waals surface area contributed by atoms with Gasteiger partial charge in [-0.25, -0.2) is 13.6 Å². The Balaban J connectivity index is 1.59. The molecule has 0 amide bonds. The molecule has 4 aromatic rings. The number of rotatable bonds is 7. The van der Waals surface area contributed by atoms with Crippen LogP contribution in [0.4, 0.5) is 0 Å². The Morgan fingerprint density at radius 2 is 1.61 bits per heavy atom. The van der Waals surface area contributed by atoms with Crippen molar-refractivity contribution >= 4 is 32.4 Å². The van der Waals surface area contributed by atoms with Crippen molar-refractivity contribution in [2.75, 3.05) is 6.54 Å². The van der Waals surface area contributed by atoms with Gasteiger partial charge >= 0.3 is 0 Å². The first-order valence-corrected chi connectivity index (χ1v) is 11.9. The average Bonchev–Trinajstić information content (AvgIpc) is 2.75. The van der Waals surface area contributed by atoms with E-state index in [1.54, 1.807) is 12.1 Å². The number of primary sulfonamides is 1. The second kappa shape index (κ2) is 9.20. The van der Waals surface area contributed by atoms with E-state index in [4.69, 9.17) is 16.7 Å². The number of halogens is 1. The molecule has 3 N–H and O–H groups in total. The van der Waals surface area contributed by atoms with Gasteiger partial charge in [-0.2, -0.15) is 0 Å². The van der Waals surface area contributed by atoms with Crippen LogP contribution >= 0.6 is 11.6 Å². The van der Waals surface area contributed by atoms with Gasteiger partial charge in [-0.15, -0.1) is 0 Å². The highest BCUT2D eigenvalue weighted by Gasteiger charge is 2.18. The third-order valence-corrected chi connectivity index (χ3v) is 6.41. The van der Waals surface area contributed by atoms with Crippen molar-refractivity contribution in [3.63, 3.8) is 0 Å². The van der Waals surface area contributed by atoms with Crippen LogP contribution in [-0.4, -0.2) is 15.0 Å². The maximum Gasteiger partial charge on any atom is 0.238 e. The Morgan fingerprint density at radius 1 is 0.839 bits per heavy atom. The van der Waals surface area contributed by atoms with E-state index in [2.05, 4.69) is 11.4 Å². The highest BCUT2D eigenvalue weighted by molar-refractivity contribution is 7.89. The monoisotopic (exact) mass is 450 g/mol. The molecular formula is C25H23ClN2O2S. The molecule has 0 spiro atoms. The normalized spacial score (nSPS) is 11.7. The summed E-state index contributed by atoms with van der Waals surface area (Å²) in [4.78, 5) is 0.136. The SMILES string of the molecule is NS(=O)(=O)c1ccc2ccccc2c1-c1cccc(CNCCc2cccc(Cl)c2)c1. The average molecular weight is 451 g/mol. The minimum absolute atomic E-state index is 0.136. The summed E-state index contributed by atoms with van der Waals surface area (Å²) < 4.78 is 24.6. The summed E-state index contributed by atoms with van der Waals surface area (Å²) in [5.41, 5.74) is 3.72. The summed E-state index contributed by atoms with van der Waals surface area (Å²) in [6, 6.07) is 26.9. The molecule has 0 radical (unpaired) electrons. The Morgan fingerprint density at radius 3 is 2.42 bits per heavy atom. The number of hydrogen-bond donors (Lipinski definition) is 2. The van der Waals surface area contributed by atoms with Crippen LogP contribution in [0.5, 0.6) is 0 Å². The predicted octanol–water partition coefficient (Wildman–Crippen LogP) is 5.14. The molecule has 0 fully saturated rings. The van der Waals surface area contributed by atoms with E-state index >= 15 is 0 Å². The maximum atomic E-state index is 12.3. The van der Waals surface area contributed by atoms with E-state index in [9.17, 15) is 8.42 Å². The van der Waals surface area contributed by atoms with Gasteiger partial charge in [-0.05, 0) is 64.7 Å². The van der Waals surface area contributed by atoms with Gasteiger partial charge in [-0.1, -0.05) is 72.3 Å². The van der Waals surface area contributed by atoms with Crippen molar-refractivity contribution < 1.29 is 8.42 Å². The molecule has 0 aliphatic carbocycles. The summed E-state index contributed by atoms with van der Waals surface area (Å²) in [7, 11) is -3.87. The second-order valence-electron chi connectivity index (χ2n) is 7.46. The third-order valence-electron chi connectivity index (χ3n) is 5.22. The van der Waals surface area contributed by atoms with E-state index in [1.165, 1.54) is 5.56 Å². The fraction of sp³-hybridized carbons (Fsp3) is 0.120. The third kappa shape index (κ3) is 5.14. The van der Waals surface area contributed by atoms with Crippen molar-refractivity contribution in [2.45, 2.75) is 17.9 Å². The Hall–Kier alpha value is -2.70. The highest BCUT2D eigenvalue weighted by Crippen LogP contribution is 2.34. The van der Waals surface area contributed by atoms with Crippen LogP contribution in [0.1, 0.15) is 11.1 Å². The number of hydrogen-bond acceptors (Lipinski definition) is 3. The van der Waals surface area contributed by atoms with Crippen molar-refractivity contribution in [1.29, 1.82) is 0 Å². The maximum absolute atomic E-state index is 12.3. The van der Waals surface area contributed by atoms with E-state index in [1.807, 2.05) is 66.7 Å². The topological polar surface area (TPSA) is 72.2 Å². The van der Waals surface area contributed by atoms with E-state index in [-0.39, 0.29) is 4.90 Å². The molecule has 158 valence electrons. The standard InChI is InChI=1S/C25H23ClN2O2S/c26-22-9-4-5-18(16-22)13-14-28-17-19-6-3-8-21(15-19)25-23-10-2-1-7-20(23)11-12-24(25)31(27,29)30/h1-12,15-16,28H,13-14,17H2,(H2,27,29,30). The first-order chi connectivity index (χ1) is 14.9. The molecule has 6 heteroatoms. The van der Waals surface area contributed by atoms with Gasteiger partial charge in [0.2, 0.25) is 10.0 Å². The molecule has 31 heavy (non-hydrogen) atoms. The molecule has 0 bridgehead atoms. The minimum Gasteiger partial charge on any atom is -0.312 e. The van der Waals surface area contributed by atoms with Gasteiger partial charge in [0.25, 0.3) is 0 Å². The molecule has 4 rings (SSSR count). The largest absolute Gasteiger partial charge is 0.312 e. The van der Waals surface area contributed by atoms with Crippen LogP contribution in [0.2, 0.25) is 5.02 Å². The fourth-order valence-corrected chi connectivity index (χ4v) is 4.76. The number of nitrogens with one attached hydrogen (secondary N) is 1. The summed E-state index contributed by atoms with van der Waals surface area (Å²) >= 11 is 6.04. The second-order valence-corrected chi connectivity index (χ2v) is 9.43. The zero-order chi connectivity index (χ0) is 21.8. The summed E-state index contributed by atoms with van der Waals surface area (Å²) in [5.74, 6) is 0. The van der Waals surface area contributed by atoms with Crippen LogP contribution < -0.4 is 10.5 Å². The van der Waals surface area contributed by atoms with E-state index < -0.39 is 10.0 Å². The van der Waals surface area contributed by atoms with Crippen molar-refractivity contribution in [2.24, 2.45) is 5.14 Å². The summed E-state index contributed by atoms with van der Waals surface area (Å²) in [6.45, 7) is 1.48. The van der Waals surface area contributed by atoms with Gasteiger partial charge in [-0.3, -0.25) is 0 Å². The molecule has 0 saturated heterocycles. The van der Waals surface area contributed by atoms with Crippen LogP contribution in [0, 0.1) is 0 Å². The Bertz CT molecular complexity index is 1340. The molecule has 0 saturated carbocycles. The van der Waals surface area contributed by atoms with Crippen LogP contribution in [0.15, 0.2) is 89.8 Å². The molecule has 4 aromatic carbocycles. The van der Waals surface area contributed by atoms with Gasteiger partial charge in [0, 0.05) is 17.1 Å². The molecule has 0 atom stereocenters. The first kappa shape index (κ1) is 21.5. The van der Waals surface area contributed by atoms with Crippen LogP contribution in [0.3, 0.4) is 0 Å². The first-order valence-electron chi connectivity index (χ1n) is 10.0. The Kier molecular flexibility index (Phi) is 6.39. The van der Waals surface area contributed by atoms with Gasteiger partial charge in [0.1, 0.15) is 0 Å². The van der Waals surface area contributed by atoms with Crippen molar-refractivity contribution in [3.8, 4) is 11.1 Å². The zero-order valence-electron chi connectivity index (χ0n) is 16.9. The Labute approximate surface area is 187 Å². The van der Waals surface area contributed by atoms with Gasteiger partial charge in [0.15, 0.2) is 0 Å². The number of fused-ring (bicyclic) bond motifs is 1. The summed E-state index contributed by atoms with van der Waals surface area (Å²) in [6.07, 6.45) is 0.874. The molecule has 0 heterocycles. The lowest BCUT2D eigenvalue weighted by Gasteiger charge is -2.14. The lowest BCUT2D eigenvalue weighted by atomic mass is 9.97. The number of benzene rings is 4. The number of sulfonamides is 1. The van der Waals surface area contributed by atoms with Gasteiger partial charge < -0.3 is 5.32 Å². The van der Waals surface area contributed by atoms with Crippen molar-refractivity contribution in [1.82, 2.24) is 5.32 Å². The van der Waals surface area contributed by atoms with Crippen molar-refractivity contribution in [3.05, 3.63) is 101 Å². The predicted molar refractivity (Wildman–Crippen MR) is 128 cm³/mol. The zero-order valence-corrected chi connectivity index (χ0v) is 18.5. The molecular weight excluding hydrogens is 428 g/mol.